The average Bonchev–Trinajstić information content (AvgIpc) is 1.93. The van der Waals surface area contributed by atoms with Crippen molar-refractivity contribution in [1.29, 1.82) is 0 Å². The van der Waals surface area contributed by atoms with Crippen LogP contribution in [0.3, 0.4) is 0 Å². The zero-order valence-corrected chi connectivity index (χ0v) is 12.5. The van der Waals surface area contributed by atoms with Crippen LogP contribution in [0.5, 0.6) is 0 Å². The highest BCUT2D eigenvalue weighted by atomic mass is 31.2. The lowest BCUT2D eigenvalue weighted by molar-refractivity contribution is 0.110. The molecule has 0 fully saturated rings. The van der Waals surface area contributed by atoms with E-state index in [0.29, 0.717) is 0 Å². The predicted octanol–water partition coefficient (Wildman–Crippen LogP) is -1.52. The zero-order valence-electron chi connectivity index (χ0n) is 9.77. The van der Waals surface area contributed by atoms with Gasteiger partial charge in [-0.05, 0) is 6.92 Å². The van der Waals surface area contributed by atoms with Crippen molar-refractivity contribution in [2.75, 3.05) is 6.61 Å². The van der Waals surface area contributed by atoms with Gasteiger partial charge in [0.15, 0.2) is 0 Å². The molecular weight excluding hydrogens is 389 g/mol. The Morgan fingerprint density at radius 2 is 0.696 bits per heavy atom. The third-order valence-corrected chi connectivity index (χ3v) is 0.264. The minimum atomic E-state index is -4.64. The Hall–Kier alpha value is 0.250. The summed E-state index contributed by atoms with van der Waals surface area (Å²) in [5, 5.41) is 16.0. The van der Waals surface area contributed by atoms with Gasteiger partial charge in [-0.3, -0.25) is 0 Å². The van der Waals surface area contributed by atoms with Crippen molar-refractivity contribution in [1.82, 2.24) is 0 Å². The molecule has 0 spiro atoms. The van der Waals surface area contributed by atoms with Crippen LogP contribution in [0.4, 0.5) is 0 Å². The van der Waals surface area contributed by atoms with Crippen LogP contribution < -0.4 is 0 Å². The van der Waals surface area contributed by atoms with Gasteiger partial charge >= 0.3 is 23.5 Å². The monoisotopic (exact) mass is 418 g/mol. The molecule has 1 unspecified atom stereocenters. The lowest BCUT2D eigenvalue weighted by Crippen LogP contribution is -2.03. The first-order chi connectivity index (χ1) is 8.27. The van der Waals surface area contributed by atoms with Gasteiger partial charge in [0.1, 0.15) is 0 Å². The van der Waals surface area contributed by atoms with E-state index in [-0.39, 0.29) is 28.9 Å². The van der Waals surface area contributed by atoms with Crippen molar-refractivity contribution in [3.05, 3.63) is 0 Å². The van der Waals surface area contributed by atoms with Gasteiger partial charge in [0, 0.05) is 0 Å². The van der Waals surface area contributed by atoms with Crippen LogP contribution in [0, 0.1) is 0 Å². The molecule has 0 aromatic heterocycles. The standard InChI is InChI=1S/C3H8O2.3CH4.3H3O4P/c1-3(5)2-4;;;;3*1-5(2,3)4/h3-5H,2H2,1H3;3*1H4;3*(H3,1,2,3,4). The number of hydrogen-bond acceptors (Lipinski definition) is 5. The first-order valence-electron chi connectivity index (χ1n) is 3.91. The van der Waals surface area contributed by atoms with Gasteiger partial charge < -0.3 is 54.3 Å². The molecule has 0 saturated carbocycles. The van der Waals surface area contributed by atoms with E-state index in [1.165, 1.54) is 6.92 Å². The summed E-state index contributed by atoms with van der Waals surface area (Å²) in [7, 11) is -13.9. The highest BCUT2D eigenvalue weighted by Gasteiger charge is 2.01. The number of hydrogen-bond donors (Lipinski definition) is 11. The average molecular weight is 418 g/mol. The summed E-state index contributed by atoms with van der Waals surface area (Å²) in [4.78, 5) is 64.7. The fraction of sp³-hybridized carbons (Fsp3) is 1.00. The van der Waals surface area contributed by atoms with Crippen LogP contribution >= 0.6 is 23.5 Å². The summed E-state index contributed by atoms with van der Waals surface area (Å²) in [5.74, 6) is 0. The van der Waals surface area contributed by atoms with E-state index in [0.717, 1.165) is 0 Å². The Balaban J connectivity index is -0.0000000284. The molecule has 11 N–H and O–H groups in total. The summed E-state index contributed by atoms with van der Waals surface area (Å²) in [6, 6.07) is 0. The van der Waals surface area contributed by atoms with Gasteiger partial charge in [-0.1, -0.05) is 22.3 Å². The number of phosphoric acid groups is 3. The molecule has 0 aromatic rings. The van der Waals surface area contributed by atoms with Crippen LogP contribution in [0.2, 0.25) is 0 Å². The Bertz CT molecular complexity index is 266. The van der Waals surface area contributed by atoms with E-state index < -0.39 is 29.6 Å². The van der Waals surface area contributed by atoms with Crippen LogP contribution in [0.15, 0.2) is 0 Å². The van der Waals surface area contributed by atoms with E-state index >= 15 is 0 Å². The number of aliphatic hydroxyl groups excluding tert-OH is 2. The lowest BCUT2D eigenvalue weighted by Gasteiger charge is -1.90. The van der Waals surface area contributed by atoms with Gasteiger partial charge in [-0.15, -0.1) is 0 Å². The van der Waals surface area contributed by atoms with Gasteiger partial charge in [0.05, 0.1) is 12.7 Å². The Labute approximate surface area is 134 Å². The highest BCUT2D eigenvalue weighted by molar-refractivity contribution is 7.45. The molecule has 0 aromatic carbocycles. The summed E-state index contributed by atoms with van der Waals surface area (Å²) >= 11 is 0. The third-order valence-electron chi connectivity index (χ3n) is 0.264. The second kappa shape index (κ2) is 20.3. The van der Waals surface area contributed by atoms with Crippen LogP contribution in [-0.4, -0.2) is 67.0 Å². The molecule has 152 valence electrons. The summed E-state index contributed by atoms with van der Waals surface area (Å²) < 4.78 is 26.6. The normalized spacial score (nSPS) is 11.0. The number of aliphatic hydroxyl groups is 2. The molecule has 0 aliphatic rings. The summed E-state index contributed by atoms with van der Waals surface area (Å²) in [6.45, 7) is 1.39. The fourth-order valence-corrected chi connectivity index (χ4v) is 0. The van der Waals surface area contributed by atoms with E-state index in [1.807, 2.05) is 0 Å². The van der Waals surface area contributed by atoms with Crippen molar-refractivity contribution >= 4 is 23.5 Å². The van der Waals surface area contributed by atoms with Crippen molar-refractivity contribution in [3.63, 3.8) is 0 Å². The van der Waals surface area contributed by atoms with E-state index in [9.17, 15) is 0 Å². The molecular formula is C6H29O14P3. The van der Waals surface area contributed by atoms with E-state index in [4.69, 9.17) is 67.9 Å². The molecule has 0 heterocycles. The first kappa shape index (κ1) is 43.6. The van der Waals surface area contributed by atoms with Gasteiger partial charge in [0.2, 0.25) is 0 Å². The van der Waals surface area contributed by atoms with Gasteiger partial charge in [0.25, 0.3) is 0 Å². The third kappa shape index (κ3) is 1800. The smallest absolute Gasteiger partial charge is 0.394 e. The van der Waals surface area contributed by atoms with Crippen LogP contribution in [0.1, 0.15) is 29.2 Å². The maximum atomic E-state index is 8.88. The molecule has 0 amide bonds. The Kier molecular flexibility index (Phi) is 38.5. The Morgan fingerprint density at radius 1 is 0.652 bits per heavy atom. The minimum absolute atomic E-state index is 0. The maximum Gasteiger partial charge on any atom is 0.466 e. The molecule has 0 saturated heterocycles. The molecule has 0 aliphatic carbocycles. The molecule has 23 heavy (non-hydrogen) atoms. The van der Waals surface area contributed by atoms with Crippen molar-refractivity contribution in [3.8, 4) is 0 Å². The zero-order chi connectivity index (χ0) is 17.8. The van der Waals surface area contributed by atoms with Gasteiger partial charge in [-0.2, -0.15) is 0 Å². The molecule has 0 bridgehead atoms. The molecule has 0 rings (SSSR count). The van der Waals surface area contributed by atoms with E-state index in [1.54, 1.807) is 0 Å². The quantitative estimate of drug-likeness (QED) is 0.216. The topological polar surface area (TPSA) is 274 Å². The highest BCUT2D eigenvalue weighted by Crippen LogP contribution is 2.26. The van der Waals surface area contributed by atoms with Crippen molar-refractivity contribution in [2.24, 2.45) is 0 Å². The largest absolute Gasteiger partial charge is 0.466 e. The molecule has 14 nitrogen and oxygen atoms in total. The van der Waals surface area contributed by atoms with Crippen LogP contribution in [-0.2, 0) is 13.7 Å². The second-order valence-corrected chi connectivity index (χ2v) is 5.65. The predicted molar refractivity (Wildman–Crippen MR) is 81.7 cm³/mol. The van der Waals surface area contributed by atoms with Crippen molar-refractivity contribution < 1.29 is 67.9 Å². The SMILES string of the molecule is C.C.C.CC(O)CO.O=P(O)(O)O.O=P(O)(O)O.O=P(O)(O)O. The molecule has 0 radical (unpaired) electrons. The molecule has 17 heteroatoms. The maximum absolute atomic E-state index is 8.88. The molecule has 0 aliphatic heterocycles. The minimum Gasteiger partial charge on any atom is -0.394 e. The second-order valence-electron chi connectivity index (χ2n) is 2.57. The number of rotatable bonds is 1. The lowest BCUT2D eigenvalue weighted by atomic mass is 10.5. The summed E-state index contributed by atoms with van der Waals surface area (Å²) in [5.41, 5.74) is 0. The Morgan fingerprint density at radius 3 is 0.696 bits per heavy atom. The van der Waals surface area contributed by atoms with Gasteiger partial charge in [-0.25, -0.2) is 13.7 Å². The van der Waals surface area contributed by atoms with E-state index in [2.05, 4.69) is 0 Å². The summed E-state index contributed by atoms with van der Waals surface area (Å²) in [6.07, 6.45) is -0.560. The van der Waals surface area contributed by atoms with Crippen LogP contribution in [0.25, 0.3) is 0 Å². The first-order valence-corrected chi connectivity index (χ1v) is 8.60. The fourth-order valence-electron chi connectivity index (χ4n) is 0. The van der Waals surface area contributed by atoms with Crippen molar-refractivity contribution in [2.45, 2.75) is 35.3 Å². The molecule has 1 atom stereocenters.